The van der Waals surface area contributed by atoms with Gasteiger partial charge in [0.2, 0.25) is 5.91 Å². The lowest BCUT2D eigenvalue weighted by Crippen LogP contribution is -2.45. The highest BCUT2D eigenvalue weighted by Crippen LogP contribution is 2.25. The van der Waals surface area contributed by atoms with Gasteiger partial charge in [-0.25, -0.2) is 0 Å². The van der Waals surface area contributed by atoms with Crippen LogP contribution in [0.25, 0.3) is 0 Å². The van der Waals surface area contributed by atoms with Gasteiger partial charge in [0.1, 0.15) is 11.5 Å². The number of hydrogen-bond acceptors (Lipinski definition) is 5. The Bertz CT molecular complexity index is 675. The molecular formula is C19H26N2O6. The van der Waals surface area contributed by atoms with Crippen molar-refractivity contribution in [2.24, 2.45) is 5.92 Å². The van der Waals surface area contributed by atoms with Crippen molar-refractivity contribution in [1.82, 2.24) is 10.2 Å². The first-order chi connectivity index (χ1) is 12.8. The van der Waals surface area contributed by atoms with Crippen molar-refractivity contribution >= 4 is 17.8 Å². The number of nitrogens with one attached hydrogen (secondary N) is 1. The van der Waals surface area contributed by atoms with Gasteiger partial charge in [-0.3, -0.25) is 14.4 Å². The standard InChI is InChI=1S/C19H26N2O6/c1-12(8-17(22)23)20-18(24)13-4-6-21(7-5-13)19(25)14-9-15(26-2)11-16(10-14)27-3/h9-13H,4-8H2,1-3H3,(H,20,24)(H,22,23). The summed E-state index contributed by atoms with van der Waals surface area (Å²) in [6.45, 7) is 2.59. The Morgan fingerprint density at radius 2 is 1.70 bits per heavy atom. The first kappa shape index (κ1) is 20.5. The first-order valence-corrected chi connectivity index (χ1v) is 8.88. The SMILES string of the molecule is COc1cc(OC)cc(C(=O)N2CCC(C(=O)NC(C)CC(=O)O)CC2)c1. The van der Waals surface area contributed by atoms with Gasteiger partial charge in [0, 0.05) is 36.7 Å². The second-order valence-electron chi connectivity index (χ2n) is 6.68. The number of ether oxygens (including phenoxy) is 2. The van der Waals surface area contributed by atoms with Gasteiger partial charge in [0.25, 0.3) is 5.91 Å². The Labute approximate surface area is 158 Å². The van der Waals surface area contributed by atoms with Crippen LogP contribution in [-0.2, 0) is 9.59 Å². The number of carboxylic acids is 1. The molecule has 1 aromatic carbocycles. The van der Waals surface area contributed by atoms with E-state index in [1.54, 1.807) is 30.0 Å². The average Bonchev–Trinajstić information content (AvgIpc) is 2.66. The van der Waals surface area contributed by atoms with Gasteiger partial charge in [-0.1, -0.05) is 0 Å². The van der Waals surface area contributed by atoms with Gasteiger partial charge in [0.15, 0.2) is 0 Å². The molecule has 8 nitrogen and oxygen atoms in total. The van der Waals surface area contributed by atoms with Crippen LogP contribution >= 0.6 is 0 Å². The number of carbonyl (C=O) groups is 3. The van der Waals surface area contributed by atoms with Crippen LogP contribution in [0.3, 0.4) is 0 Å². The number of hydrogen-bond donors (Lipinski definition) is 2. The number of benzene rings is 1. The number of amides is 2. The number of carbonyl (C=O) groups excluding carboxylic acids is 2. The summed E-state index contributed by atoms with van der Waals surface area (Å²) in [5, 5.41) is 11.5. The zero-order chi connectivity index (χ0) is 20.0. The molecule has 1 aromatic rings. The zero-order valence-corrected chi connectivity index (χ0v) is 15.9. The fraction of sp³-hybridized carbons (Fsp3) is 0.526. The monoisotopic (exact) mass is 378 g/mol. The summed E-state index contributed by atoms with van der Waals surface area (Å²) in [5.74, 6) is -0.370. The molecule has 1 aliphatic rings. The maximum absolute atomic E-state index is 12.8. The maximum Gasteiger partial charge on any atom is 0.305 e. The highest BCUT2D eigenvalue weighted by atomic mass is 16.5. The molecule has 0 spiro atoms. The molecule has 1 fully saturated rings. The molecule has 0 saturated carbocycles. The van der Waals surface area contributed by atoms with E-state index >= 15 is 0 Å². The molecular weight excluding hydrogens is 352 g/mol. The predicted octanol–water partition coefficient (Wildman–Crippen LogP) is 1.54. The number of aliphatic carboxylic acids is 1. The van der Waals surface area contributed by atoms with Crippen LogP contribution in [0, 0.1) is 5.92 Å². The van der Waals surface area contributed by atoms with E-state index in [1.807, 2.05) is 0 Å². The Morgan fingerprint density at radius 1 is 1.15 bits per heavy atom. The van der Waals surface area contributed by atoms with E-state index in [4.69, 9.17) is 14.6 Å². The minimum absolute atomic E-state index is 0.110. The number of carboxylic acid groups (broad SMARTS) is 1. The number of piperidine rings is 1. The highest BCUT2D eigenvalue weighted by molar-refractivity contribution is 5.95. The Hall–Kier alpha value is -2.77. The van der Waals surface area contributed by atoms with Crippen LogP contribution in [0.1, 0.15) is 36.5 Å². The number of nitrogens with zero attached hydrogens (tertiary/aromatic N) is 1. The van der Waals surface area contributed by atoms with Crippen LogP contribution in [0.2, 0.25) is 0 Å². The molecule has 8 heteroatoms. The van der Waals surface area contributed by atoms with Gasteiger partial charge in [0.05, 0.1) is 20.6 Å². The third kappa shape index (κ3) is 5.60. The fourth-order valence-corrected chi connectivity index (χ4v) is 3.13. The van der Waals surface area contributed by atoms with Gasteiger partial charge in [-0.2, -0.15) is 0 Å². The summed E-state index contributed by atoms with van der Waals surface area (Å²) in [5.41, 5.74) is 0.476. The molecule has 2 rings (SSSR count). The van der Waals surface area contributed by atoms with Crippen molar-refractivity contribution in [3.05, 3.63) is 23.8 Å². The minimum Gasteiger partial charge on any atom is -0.497 e. The van der Waals surface area contributed by atoms with Gasteiger partial charge < -0.3 is 24.8 Å². The molecule has 148 valence electrons. The molecule has 0 bridgehead atoms. The topological polar surface area (TPSA) is 105 Å². The quantitative estimate of drug-likeness (QED) is 0.746. The van der Waals surface area contributed by atoms with E-state index in [0.717, 1.165) is 0 Å². The Balaban J connectivity index is 1.94. The summed E-state index contributed by atoms with van der Waals surface area (Å²) in [6, 6.07) is 4.61. The lowest BCUT2D eigenvalue weighted by Gasteiger charge is -2.32. The van der Waals surface area contributed by atoms with Crippen molar-refractivity contribution in [2.45, 2.75) is 32.2 Å². The van der Waals surface area contributed by atoms with E-state index in [2.05, 4.69) is 5.32 Å². The third-order valence-electron chi connectivity index (χ3n) is 4.62. The van der Waals surface area contributed by atoms with E-state index in [0.29, 0.717) is 43.0 Å². The molecule has 1 aliphatic heterocycles. The van der Waals surface area contributed by atoms with Crippen molar-refractivity contribution in [3.63, 3.8) is 0 Å². The Kier molecular flexibility index (Phi) is 7.04. The molecule has 1 heterocycles. The summed E-state index contributed by atoms with van der Waals surface area (Å²) < 4.78 is 10.4. The van der Waals surface area contributed by atoms with Crippen LogP contribution < -0.4 is 14.8 Å². The largest absolute Gasteiger partial charge is 0.497 e. The van der Waals surface area contributed by atoms with Crippen molar-refractivity contribution in [3.8, 4) is 11.5 Å². The van der Waals surface area contributed by atoms with Crippen LogP contribution in [-0.4, -0.2) is 61.1 Å². The molecule has 1 unspecified atom stereocenters. The third-order valence-corrected chi connectivity index (χ3v) is 4.62. The maximum atomic E-state index is 12.8. The average molecular weight is 378 g/mol. The lowest BCUT2D eigenvalue weighted by atomic mass is 9.95. The van der Waals surface area contributed by atoms with Crippen LogP contribution in [0.4, 0.5) is 0 Å². The molecule has 1 atom stereocenters. The Morgan fingerprint density at radius 3 is 2.19 bits per heavy atom. The second-order valence-corrected chi connectivity index (χ2v) is 6.68. The molecule has 1 saturated heterocycles. The highest BCUT2D eigenvalue weighted by Gasteiger charge is 2.29. The first-order valence-electron chi connectivity index (χ1n) is 8.88. The van der Waals surface area contributed by atoms with E-state index in [1.165, 1.54) is 14.2 Å². The summed E-state index contributed by atoms with van der Waals surface area (Å²) in [6.07, 6.45) is 0.970. The van der Waals surface area contributed by atoms with E-state index in [9.17, 15) is 14.4 Å². The van der Waals surface area contributed by atoms with Crippen molar-refractivity contribution < 1.29 is 29.0 Å². The van der Waals surface area contributed by atoms with Gasteiger partial charge in [-0.05, 0) is 31.9 Å². The van der Waals surface area contributed by atoms with Crippen LogP contribution in [0.5, 0.6) is 11.5 Å². The fourth-order valence-electron chi connectivity index (χ4n) is 3.13. The molecule has 0 aliphatic carbocycles. The number of rotatable bonds is 7. The van der Waals surface area contributed by atoms with Crippen molar-refractivity contribution in [2.75, 3.05) is 27.3 Å². The van der Waals surface area contributed by atoms with Crippen LogP contribution in [0.15, 0.2) is 18.2 Å². The smallest absolute Gasteiger partial charge is 0.305 e. The molecule has 0 aromatic heterocycles. The summed E-state index contributed by atoms with van der Waals surface area (Å²) in [4.78, 5) is 37.4. The number of likely N-dealkylation sites (tertiary alicyclic amines) is 1. The second kappa shape index (κ2) is 9.25. The zero-order valence-electron chi connectivity index (χ0n) is 15.9. The minimum atomic E-state index is -0.947. The summed E-state index contributed by atoms with van der Waals surface area (Å²) in [7, 11) is 3.05. The van der Waals surface area contributed by atoms with Gasteiger partial charge in [-0.15, -0.1) is 0 Å². The lowest BCUT2D eigenvalue weighted by molar-refractivity contribution is -0.137. The molecule has 2 N–H and O–H groups in total. The summed E-state index contributed by atoms with van der Waals surface area (Å²) >= 11 is 0. The predicted molar refractivity (Wildman–Crippen MR) is 98.0 cm³/mol. The van der Waals surface area contributed by atoms with Gasteiger partial charge >= 0.3 is 5.97 Å². The number of methoxy groups -OCH3 is 2. The van der Waals surface area contributed by atoms with Crippen molar-refractivity contribution in [1.29, 1.82) is 0 Å². The molecule has 0 radical (unpaired) electrons. The normalized spacial score (nSPS) is 15.7. The van der Waals surface area contributed by atoms with E-state index < -0.39 is 12.0 Å². The molecule has 2 amide bonds. The molecule has 27 heavy (non-hydrogen) atoms. The van der Waals surface area contributed by atoms with E-state index in [-0.39, 0.29) is 24.2 Å².